The topological polar surface area (TPSA) is 105 Å². The largest absolute Gasteiger partial charge is 0.465 e. The lowest BCUT2D eigenvalue weighted by Gasteiger charge is -2.15. The summed E-state index contributed by atoms with van der Waals surface area (Å²) < 4.78 is 17.0. The van der Waals surface area contributed by atoms with Crippen LogP contribution in [0.1, 0.15) is 219 Å². The van der Waals surface area contributed by atoms with Crippen LogP contribution in [-0.4, -0.2) is 30.6 Å². The number of esters is 3. The third kappa shape index (κ3) is 27.2. The maximum Gasteiger partial charge on any atom is 0.323 e. The van der Waals surface area contributed by atoms with Crippen molar-refractivity contribution in [2.24, 2.45) is 5.73 Å². The Morgan fingerprint density at radius 1 is 0.500 bits per heavy atom. The van der Waals surface area contributed by atoms with Gasteiger partial charge in [-0.15, -0.1) is 0 Å². The normalized spacial score (nSPS) is 11.8. The predicted octanol–water partition coefficient (Wildman–Crippen LogP) is 12.7. The number of carbonyl (C=O) groups is 3. The predicted molar refractivity (Wildman–Crippen MR) is 216 cm³/mol. The van der Waals surface area contributed by atoms with Crippen molar-refractivity contribution < 1.29 is 28.6 Å². The third-order valence-electron chi connectivity index (χ3n) is 9.93. The zero-order valence-corrected chi connectivity index (χ0v) is 34.0. The molecule has 0 saturated carbocycles. The molecule has 0 fully saturated rings. The second-order valence-corrected chi connectivity index (χ2v) is 15.0. The summed E-state index contributed by atoms with van der Waals surface area (Å²) in [6.07, 6.45) is 34.0. The standard InChI is InChI=1S/C45H79NO6/c1-4-7-10-13-16-19-22-25-28-31-36-50-45(49)40(46)37-39-34-35-41(51-43(47)32-29-26-23-20-17-14-11-8-5-2)42(38-39)52-44(48)33-30-27-24-21-18-15-12-9-6-3/h34-35,38,40H,4-33,36-37,46H2,1-3H3. The number of benzene rings is 1. The third-order valence-corrected chi connectivity index (χ3v) is 9.93. The minimum Gasteiger partial charge on any atom is -0.465 e. The molecular formula is C45H79NO6. The number of rotatable bonds is 36. The Morgan fingerprint density at radius 3 is 1.29 bits per heavy atom. The maximum absolute atomic E-state index is 12.9. The Hall–Kier alpha value is -2.41. The van der Waals surface area contributed by atoms with Gasteiger partial charge in [-0.2, -0.15) is 0 Å². The van der Waals surface area contributed by atoms with Gasteiger partial charge in [0.05, 0.1) is 6.61 Å². The fourth-order valence-electron chi connectivity index (χ4n) is 6.56. The van der Waals surface area contributed by atoms with Gasteiger partial charge in [-0.3, -0.25) is 14.4 Å². The average molecular weight is 730 g/mol. The monoisotopic (exact) mass is 730 g/mol. The first-order chi connectivity index (χ1) is 25.4. The summed E-state index contributed by atoms with van der Waals surface area (Å²) in [6.45, 7) is 7.07. The molecule has 52 heavy (non-hydrogen) atoms. The fourth-order valence-corrected chi connectivity index (χ4v) is 6.56. The zero-order chi connectivity index (χ0) is 37.9. The van der Waals surface area contributed by atoms with E-state index in [9.17, 15) is 14.4 Å². The molecule has 0 amide bonds. The fraction of sp³-hybridized carbons (Fsp3) is 0.800. The van der Waals surface area contributed by atoms with E-state index in [1.165, 1.54) is 122 Å². The van der Waals surface area contributed by atoms with Crippen molar-refractivity contribution in [1.29, 1.82) is 0 Å². The highest BCUT2D eigenvalue weighted by atomic mass is 16.6. The van der Waals surface area contributed by atoms with Crippen molar-refractivity contribution in [3.63, 3.8) is 0 Å². The molecule has 7 nitrogen and oxygen atoms in total. The van der Waals surface area contributed by atoms with E-state index in [-0.39, 0.29) is 29.9 Å². The molecule has 0 spiro atoms. The summed E-state index contributed by atoms with van der Waals surface area (Å²) in [5, 5.41) is 0. The van der Waals surface area contributed by atoms with Crippen LogP contribution in [0.15, 0.2) is 18.2 Å². The number of hydrogen-bond donors (Lipinski definition) is 1. The van der Waals surface area contributed by atoms with Crippen LogP contribution in [0, 0.1) is 0 Å². The van der Waals surface area contributed by atoms with E-state index in [0.29, 0.717) is 25.0 Å². The van der Waals surface area contributed by atoms with Crippen molar-refractivity contribution in [1.82, 2.24) is 0 Å². The van der Waals surface area contributed by atoms with Gasteiger partial charge in [0.2, 0.25) is 0 Å². The molecule has 1 atom stereocenters. The summed E-state index contributed by atoms with van der Waals surface area (Å²) in [7, 11) is 0. The number of carbonyl (C=O) groups excluding carboxylic acids is 3. The molecule has 300 valence electrons. The number of unbranched alkanes of at least 4 members (excludes halogenated alkanes) is 25. The molecule has 1 rings (SSSR count). The Kier molecular flexibility index (Phi) is 31.5. The highest BCUT2D eigenvalue weighted by Crippen LogP contribution is 2.30. The second kappa shape index (κ2) is 34.4. The van der Waals surface area contributed by atoms with E-state index in [4.69, 9.17) is 19.9 Å². The minimum atomic E-state index is -0.839. The molecule has 0 bridgehead atoms. The molecule has 1 unspecified atom stereocenters. The van der Waals surface area contributed by atoms with Crippen LogP contribution >= 0.6 is 0 Å². The van der Waals surface area contributed by atoms with Gasteiger partial charge in [0.1, 0.15) is 6.04 Å². The number of nitrogens with two attached hydrogens (primary N) is 1. The first kappa shape index (κ1) is 47.6. The van der Waals surface area contributed by atoms with Crippen molar-refractivity contribution in [2.75, 3.05) is 6.61 Å². The number of hydrogen-bond acceptors (Lipinski definition) is 7. The van der Waals surface area contributed by atoms with Gasteiger partial charge in [-0.1, -0.05) is 187 Å². The molecule has 1 aromatic carbocycles. The van der Waals surface area contributed by atoms with Crippen LogP contribution in [0.25, 0.3) is 0 Å². The lowest BCUT2D eigenvalue weighted by atomic mass is 10.1. The van der Waals surface area contributed by atoms with Gasteiger partial charge >= 0.3 is 17.9 Å². The van der Waals surface area contributed by atoms with Crippen molar-refractivity contribution in [2.45, 2.75) is 226 Å². The number of ether oxygens (including phenoxy) is 3. The van der Waals surface area contributed by atoms with Gasteiger partial charge < -0.3 is 19.9 Å². The van der Waals surface area contributed by atoms with Crippen LogP contribution in [0.5, 0.6) is 11.5 Å². The first-order valence-corrected chi connectivity index (χ1v) is 21.9. The lowest BCUT2D eigenvalue weighted by Crippen LogP contribution is -2.34. The van der Waals surface area contributed by atoms with Gasteiger partial charge in [0.15, 0.2) is 11.5 Å². The molecule has 0 aliphatic heterocycles. The van der Waals surface area contributed by atoms with E-state index < -0.39 is 12.0 Å². The van der Waals surface area contributed by atoms with Gasteiger partial charge in [0.25, 0.3) is 0 Å². The molecule has 0 radical (unpaired) electrons. The van der Waals surface area contributed by atoms with Crippen LogP contribution in [0.3, 0.4) is 0 Å². The maximum atomic E-state index is 12.9. The summed E-state index contributed by atoms with van der Waals surface area (Å²) >= 11 is 0. The molecule has 1 aromatic rings. The molecule has 0 aliphatic rings. The summed E-state index contributed by atoms with van der Waals surface area (Å²) in [5.41, 5.74) is 6.96. The highest BCUT2D eigenvalue weighted by molar-refractivity contribution is 5.77. The zero-order valence-electron chi connectivity index (χ0n) is 34.0. The molecule has 2 N–H and O–H groups in total. The second-order valence-electron chi connectivity index (χ2n) is 15.0. The molecule has 0 saturated heterocycles. The molecule has 0 aromatic heterocycles. The van der Waals surface area contributed by atoms with Crippen molar-refractivity contribution in [3.8, 4) is 11.5 Å². The lowest BCUT2D eigenvalue weighted by molar-refractivity contribution is -0.145. The molecule has 7 heteroatoms. The first-order valence-electron chi connectivity index (χ1n) is 21.9. The van der Waals surface area contributed by atoms with E-state index in [1.54, 1.807) is 18.2 Å². The quantitative estimate of drug-likeness (QED) is 0.0416. The van der Waals surface area contributed by atoms with Gasteiger partial charge in [0, 0.05) is 12.8 Å². The average Bonchev–Trinajstić information content (AvgIpc) is 3.13. The molecular weight excluding hydrogens is 650 g/mol. The van der Waals surface area contributed by atoms with E-state index >= 15 is 0 Å². The Morgan fingerprint density at radius 2 is 0.865 bits per heavy atom. The highest BCUT2D eigenvalue weighted by Gasteiger charge is 2.19. The van der Waals surface area contributed by atoms with E-state index in [1.807, 2.05) is 0 Å². The van der Waals surface area contributed by atoms with Gasteiger partial charge in [-0.05, 0) is 43.4 Å². The Labute approximate surface area is 319 Å². The van der Waals surface area contributed by atoms with Crippen molar-refractivity contribution >= 4 is 17.9 Å². The molecule has 0 heterocycles. The summed E-state index contributed by atoms with van der Waals surface area (Å²) in [5.74, 6) is -0.695. The summed E-state index contributed by atoms with van der Waals surface area (Å²) in [4.78, 5) is 38.3. The van der Waals surface area contributed by atoms with Crippen molar-refractivity contribution in [3.05, 3.63) is 23.8 Å². The Bertz CT molecular complexity index is 1030. The van der Waals surface area contributed by atoms with Crippen LogP contribution in [0.4, 0.5) is 0 Å². The van der Waals surface area contributed by atoms with E-state index in [2.05, 4.69) is 20.8 Å². The van der Waals surface area contributed by atoms with E-state index in [0.717, 1.165) is 57.8 Å². The Balaban J connectivity index is 2.59. The van der Waals surface area contributed by atoms with Crippen LogP contribution in [-0.2, 0) is 25.5 Å². The van der Waals surface area contributed by atoms with Crippen LogP contribution < -0.4 is 15.2 Å². The minimum absolute atomic E-state index is 0.199. The van der Waals surface area contributed by atoms with Crippen LogP contribution in [0.2, 0.25) is 0 Å². The SMILES string of the molecule is CCCCCCCCCCCCOC(=O)C(N)Cc1ccc(OC(=O)CCCCCCCCCCC)c(OC(=O)CCCCCCCCCCC)c1. The van der Waals surface area contributed by atoms with Gasteiger partial charge in [-0.25, -0.2) is 0 Å². The molecule has 0 aliphatic carbocycles. The summed E-state index contributed by atoms with van der Waals surface area (Å²) in [6, 6.07) is 4.25. The smallest absolute Gasteiger partial charge is 0.323 e.